The predicted molar refractivity (Wildman–Crippen MR) is 130 cm³/mol. The maximum atomic E-state index is 15.6. The third-order valence-electron chi connectivity index (χ3n) is 10.2. The van der Waals surface area contributed by atoms with E-state index in [0.29, 0.717) is 17.9 Å². The van der Waals surface area contributed by atoms with Crippen LogP contribution in [0.15, 0.2) is 12.2 Å². The topological polar surface area (TPSA) is 47.5 Å². The Hall–Kier alpha value is -0.490. The first kappa shape index (κ1) is 22.9. The SMILES string of the molecule is C[C@@H]1CCCCCC(C(O)C2CC(C3CC3)N3NC(C4C=CCC(C5CC5)C4F)CC3N2)C1. The Balaban J connectivity index is 1.15. The van der Waals surface area contributed by atoms with Gasteiger partial charge in [0, 0.05) is 24.0 Å². The van der Waals surface area contributed by atoms with Gasteiger partial charge in [0.25, 0.3) is 0 Å². The van der Waals surface area contributed by atoms with Gasteiger partial charge in [-0.15, -0.1) is 0 Å². The largest absolute Gasteiger partial charge is 0.391 e. The van der Waals surface area contributed by atoms with Gasteiger partial charge in [0.2, 0.25) is 0 Å². The quantitative estimate of drug-likeness (QED) is 0.510. The van der Waals surface area contributed by atoms with Crippen molar-refractivity contribution in [2.75, 3.05) is 0 Å². The number of aliphatic hydroxyl groups excluding tert-OH is 1. The van der Waals surface area contributed by atoms with E-state index in [1.165, 1.54) is 64.2 Å². The van der Waals surface area contributed by atoms with Crippen LogP contribution in [0.2, 0.25) is 0 Å². The van der Waals surface area contributed by atoms with Gasteiger partial charge >= 0.3 is 0 Å². The maximum absolute atomic E-state index is 15.6. The van der Waals surface area contributed by atoms with Gasteiger partial charge in [-0.05, 0) is 87.4 Å². The number of aliphatic hydroxyl groups is 1. The van der Waals surface area contributed by atoms with Gasteiger partial charge in [-0.25, -0.2) is 14.8 Å². The molecule has 0 radical (unpaired) electrons. The summed E-state index contributed by atoms with van der Waals surface area (Å²) in [6.45, 7) is 2.37. The van der Waals surface area contributed by atoms with E-state index in [1.54, 1.807) is 0 Å². The molecule has 10 atom stereocenters. The molecule has 186 valence electrons. The minimum Gasteiger partial charge on any atom is -0.391 e. The van der Waals surface area contributed by atoms with Crippen LogP contribution in [-0.4, -0.2) is 46.7 Å². The van der Waals surface area contributed by atoms with E-state index in [4.69, 9.17) is 0 Å². The number of allylic oxidation sites excluding steroid dienone is 1. The smallest absolute Gasteiger partial charge is 0.111 e. The minimum atomic E-state index is -0.710. The zero-order valence-corrected chi connectivity index (χ0v) is 20.5. The van der Waals surface area contributed by atoms with Gasteiger partial charge in [0.1, 0.15) is 6.17 Å². The predicted octanol–water partition coefficient (Wildman–Crippen LogP) is 4.94. The molecule has 6 rings (SSSR count). The Morgan fingerprint density at radius 1 is 0.970 bits per heavy atom. The van der Waals surface area contributed by atoms with E-state index in [2.05, 4.69) is 34.8 Å². The lowest BCUT2D eigenvalue weighted by molar-refractivity contribution is -0.0327. The highest BCUT2D eigenvalue weighted by molar-refractivity contribution is 5.11. The van der Waals surface area contributed by atoms with Gasteiger partial charge in [0.05, 0.1) is 12.3 Å². The van der Waals surface area contributed by atoms with Crippen LogP contribution in [0.3, 0.4) is 0 Å². The number of hydrogen-bond donors (Lipinski definition) is 3. The molecule has 2 aliphatic heterocycles. The Labute approximate surface area is 200 Å². The summed E-state index contributed by atoms with van der Waals surface area (Å²) in [5.41, 5.74) is 3.81. The fraction of sp³-hybridized carbons (Fsp3) is 0.929. The molecule has 2 heterocycles. The number of fused-ring (bicyclic) bond motifs is 1. The second kappa shape index (κ2) is 9.52. The number of hydrogen-bond acceptors (Lipinski definition) is 4. The molecular weight excluding hydrogens is 413 g/mol. The third kappa shape index (κ3) is 4.81. The van der Waals surface area contributed by atoms with Crippen molar-refractivity contribution >= 4 is 0 Å². The van der Waals surface area contributed by atoms with Crippen LogP contribution in [0.5, 0.6) is 0 Å². The second-order valence-electron chi connectivity index (χ2n) is 12.7. The van der Waals surface area contributed by atoms with Crippen molar-refractivity contribution in [3.63, 3.8) is 0 Å². The molecule has 9 unspecified atom stereocenters. The lowest BCUT2D eigenvalue weighted by Crippen LogP contribution is -2.64. The van der Waals surface area contributed by atoms with E-state index in [9.17, 15) is 5.11 Å². The number of alkyl halides is 1. The highest BCUT2D eigenvalue weighted by Gasteiger charge is 2.52. The average Bonchev–Trinajstić information content (AvgIpc) is 3.72. The fourth-order valence-corrected chi connectivity index (χ4v) is 7.95. The van der Waals surface area contributed by atoms with E-state index in [-0.39, 0.29) is 36.2 Å². The molecule has 5 fully saturated rings. The van der Waals surface area contributed by atoms with E-state index < -0.39 is 6.17 Å². The minimum absolute atomic E-state index is 0.00793. The van der Waals surface area contributed by atoms with Crippen LogP contribution in [0.25, 0.3) is 0 Å². The second-order valence-corrected chi connectivity index (χ2v) is 12.7. The first-order valence-electron chi connectivity index (χ1n) is 14.4. The van der Waals surface area contributed by atoms with Crippen LogP contribution in [0, 0.1) is 35.5 Å². The molecule has 0 amide bonds. The molecule has 6 aliphatic rings. The summed E-state index contributed by atoms with van der Waals surface area (Å²) in [6.07, 6.45) is 19.3. The van der Waals surface area contributed by atoms with Crippen molar-refractivity contribution in [2.45, 2.75) is 127 Å². The summed E-state index contributed by atoms with van der Waals surface area (Å²) < 4.78 is 15.6. The summed E-state index contributed by atoms with van der Waals surface area (Å²) in [5.74, 6) is 2.74. The van der Waals surface area contributed by atoms with Gasteiger partial charge in [0.15, 0.2) is 0 Å². The molecule has 0 spiro atoms. The lowest BCUT2D eigenvalue weighted by atomic mass is 9.77. The Morgan fingerprint density at radius 3 is 2.55 bits per heavy atom. The van der Waals surface area contributed by atoms with Crippen molar-refractivity contribution in [3.05, 3.63) is 12.2 Å². The summed E-state index contributed by atoms with van der Waals surface area (Å²) in [5, 5.41) is 17.9. The standard InChI is InChI=1S/C28H46FN3O/c1-17-6-3-2-4-7-20(14-17)28(33)24-15-25(19-12-13-19)32-26(30-24)16-23(31-32)22-9-5-8-21(27(22)29)18-10-11-18/h5,9,17-28,30-31,33H,2-4,6-8,10-16H2,1H3/t17-,20?,21?,22?,23?,24?,25?,26?,27?,28?/m1/s1. The molecule has 3 saturated carbocycles. The summed E-state index contributed by atoms with van der Waals surface area (Å²) >= 11 is 0. The average molecular weight is 460 g/mol. The molecule has 0 aromatic carbocycles. The molecular formula is C28H46FN3O. The fourth-order valence-electron chi connectivity index (χ4n) is 7.95. The summed E-state index contributed by atoms with van der Waals surface area (Å²) in [6, 6.07) is 0.835. The van der Waals surface area contributed by atoms with Crippen LogP contribution in [0.4, 0.5) is 4.39 Å². The van der Waals surface area contributed by atoms with Crippen molar-refractivity contribution in [2.24, 2.45) is 35.5 Å². The van der Waals surface area contributed by atoms with Gasteiger partial charge in [-0.3, -0.25) is 5.32 Å². The van der Waals surface area contributed by atoms with Crippen molar-refractivity contribution < 1.29 is 9.50 Å². The molecule has 4 aliphatic carbocycles. The Bertz CT molecular complexity index is 709. The van der Waals surface area contributed by atoms with Crippen molar-refractivity contribution in [1.29, 1.82) is 0 Å². The van der Waals surface area contributed by atoms with Gasteiger partial charge in [-0.2, -0.15) is 0 Å². The van der Waals surface area contributed by atoms with Crippen LogP contribution in [0.1, 0.15) is 90.4 Å². The van der Waals surface area contributed by atoms with Crippen LogP contribution in [-0.2, 0) is 0 Å². The molecule has 0 aromatic rings. The third-order valence-corrected chi connectivity index (χ3v) is 10.2. The maximum Gasteiger partial charge on any atom is 0.111 e. The van der Waals surface area contributed by atoms with Crippen LogP contribution >= 0.6 is 0 Å². The van der Waals surface area contributed by atoms with E-state index >= 15 is 4.39 Å². The number of halogens is 1. The molecule has 2 saturated heterocycles. The normalized spacial score (nSPS) is 48.2. The van der Waals surface area contributed by atoms with Gasteiger partial charge < -0.3 is 5.11 Å². The molecule has 0 aromatic heterocycles. The van der Waals surface area contributed by atoms with E-state index in [0.717, 1.165) is 31.1 Å². The number of rotatable bonds is 5. The van der Waals surface area contributed by atoms with Crippen LogP contribution < -0.4 is 10.7 Å². The molecule has 0 bridgehead atoms. The van der Waals surface area contributed by atoms with E-state index in [1.807, 2.05) is 0 Å². The molecule has 5 heteroatoms. The van der Waals surface area contributed by atoms with Crippen molar-refractivity contribution in [1.82, 2.24) is 15.8 Å². The van der Waals surface area contributed by atoms with Crippen molar-refractivity contribution in [3.8, 4) is 0 Å². The Kier molecular flexibility index (Phi) is 6.62. The number of nitrogens with zero attached hydrogens (tertiary/aromatic N) is 1. The summed E-state index contributed by atoms with van der Waals surface area (Å²) in [7, 11) is 0. The zero-order valence-electron chi connectivity index (χ0n) is 20.5. The monoisotopic (exact) mass is 459 g/mol. The summed E-state index contributed by atoms with van der Waals surface area (Å²) in [4.78, 5) is 0. The zero-order chi connectivity index (χ0) is 22.5. The highest BCUT2D eigenvalue weighted by atomic mass is 19.1. The lowest BCUT2D eigenvalue weighted by Gasteiger charge is -2.45. The molecule has 4 nitrogen and oxygen atoms in total. The van der Waals surface area contributed by atoms with Gasteiger partial charge in [-0.1, -0.05) is 44.8 Å². The first-order valence-corrected chi connectivity index (χ1v) is 14.4. The Morgan fingerprint density at radius 2 is 1.76 bits per heavy atom. The number of hydrazine groups is 1. The molecule has 3 N–H and O–H groups in total. The molecule has 33 heavy (non-hydrogen) atoms. The first-order chi connectivity index (χ1) is 16.1. The highest BCUT2D eigenvalue weighted by Crippen LogP contribution is 2.47. The number of nitrogens with one attached hydrogen (secondary N) is 2.